The highest BCUT2D eigenvalue weighted by Crippen LogP contribution is 2.14. The van der Waals surface area contributed by atoms with Gasteiger partial charge in [-0.05, 0) is 26.0 Å². The Labute approximate surface area is 120 Å². The maximum Gasteiger partial charge on any atom is 0.0645 e. The van der Waals surface area contributed by atoms with Crippen molar-refractivity contribution in [2.75, 3.05) is 19.6 Å². The van der Waals surface area contributed by atoms with Gasteiger partial charge in [-0.2, -0.15) is 5.10 Å². The van der Waals surface area contributed by atoms with E-state index in [9.17, 15) is 0 Å². The van der Waals surface area contributed by atoms with Crippen LogP contribution in [-0.4, -0.2) is 39.9 Å². The van der Waals surface area contributed by atoms with Crippen LogP contribution in [0.4, 0.5) is 0 Å². The van der Waals surface area contributed by atoms with E-state index in [0.717, 1.165) is 31.9 Å². The Kier molecular flexibility index (Phi) is 3.59. The van der Waals surface area contributed by atoms with Gasteiger partial charge in [0.05, 0.1) is 11.9 Å². The molecule has 1 aromatic carbocycles. The number of nitrogens with zero attached hydrogens (tertiary/aromatic N) is 3. The van der Waals surface area contributed by atoms with Crippen molar-refractivity contribution in [3.8, 4) is 5.69 Å². The van der Waals surface area contributed by atoms with Gasteiger partial charge in [-0.1, -0.05) is 18.2 Å². The third-order valence-electron chi connectivity index (χ3n) is 3.71. The lowest BCUT2D eigenvalue weighted by Gasteiger charge is -2.38. The van der Waals surface area contributed by atoms with E-state index in [-0.39, 0.29) is 5.54 Å². The summed E-state index contributed by atoms with van der Waals surface area (Å²) in [5, 5.41) is 8.01. The van der Waals surface area contributed by atoms with Crippen LogP contribution >= 0.6 is 0 Å². The molecule has 3 rings (SSSR count). The fourth-order valence-electron chi connectivity index (χ4n) is 2.80. The Hall–Kier alpha value is -1.65. The minimum absolute atomic E-state index is 0.202. The van der Waals surface area contributed by atoms with Crippen LogP contribution in [0.15, 0.2) is 42.7 Å². The molecule has 0 aliphatic carbocycles. The van der Waals surface area contributed by atoms with Gasteiger partial charge >= 0.3 is 0 Å². The minimum Gasteiger partial charge on any atom is -0.309 e. The van der Waals surface area contributed by atoms with Gasteiger partial charge in [-0.15, -0.1) is 0 Å². The number of piperazine rings is 1. The van der Waals surface area contributed by atoms with Gasteiger partial charge in [-0.25, -0.2) is 4.68 Å². The average Bonchev–Trinajstić information content (AvgIpc) is 2.87. The molecule has 1 saturated heterocycles. The van der Waals surface area contributed by atoms with E-state index < -0.39 is 0 Å². The lowest BCUT2D eigenvalue weighted by Crippen LogP contribution is -2.56. The van der Waals surface area contributed by atoms with Crippen molar-refractivity contribution >= 4 is 0 Å². The lowest BCUT2D eigenvalue weighted by atomic mass is 10.0. The summed E-state index contributed by atoms with van der Waals surface area (Å²) in [5.74, 6) is 0. The largest absolute Gasteiger partial charge is 0.309 e. The molecule has 2 aromatic rings. The first-order chi connectivity index (χ1) is 9.62. The van der Waals surface area contributed by atoms with Gasteiger partial charge in [0.25, 0.3) is 0 Å². The SMILES string of the molecule is CC1(C)CN(Cc2cnn(-c3ccccc3)c2)CCN1. The highest BCUT2D eigenvalue weighted by atomic mass is 15.3. The number of nitrogens with one attached hydrogen (secondary N) is 1. The van der Waals surface area contributed by atoms with Gasteiger partial charge in [0, 0.05) is 43.5 Å². The summed E-state index contributed by atoms with van der Waals surface area (Å²) in [6, 6.07) is 10.2. The van der Waals surface area contributed by atoms with Crippen LogP contribution in [-0.2, 0) is 6.54 Å². The van der Waals surface area contributed by atoms with Crippen LogP contribution in [0.3, 0.4) is 0 Å². The van der Waals surface area contributed by atoms with Crippen molar-refractivity contribution in [3.63, 3.8) is 0 Å². The Bertz CT molecular complexity index is 559. The quantitative estimate of drug-likeness (QED) is 0.926. The van der Waals surface area contributed by atoms with Crippen molar-refractivity contribution in [1.29, 1.82) is 0 Å². The van der Waals surface area contributed by atoms with Crippen molar-refractivity contribution in [2.24, 2.45) is 0 Å². The number of para-hydroxylation sites is 1. The summed E-state index contributed by atoms with van der Waals surface area (Å²) in [5.41, 5.74) is 2.58. The molecule has 0 spiro atoms. The summed E-state index contributed by atoms with van der Waals surface area (Å²) in [4.78, 5) is 2.49. The maximum absolute atomic E-state index is 4.46. The fourth-order valence-corrected chi connectivity index (χ4v) is 2.80. The monoisotopic (exact) mass is 270 g/mol. The van der Waals surface area contributed by atoms with Crippen molar-refractivity contribution in [1.82, 2.24) is 20.0 Å². The predicted octanol–water partition coefficient (Wildman–Crippen LogP) is 2.06. The molecule has 1 aromatic heterocycles. The third-order valence-corrected chi connectivity index (χ3v) is 3.71. The summed E-state index contributed by atoms with van der Waals surface area (Å²) in [7, 11) is 0. The van der Waals surface area contributed by atoms with Crippen LogP contribution < -0.4 is 5.32 Å². The van der Waals surface area contributed by atoms with Gasteiger partial charge in [-0.3, -0.25) is 4.90 Å². The average molecular weight is 270 g/mol. The zero-order valence-corrected chi connectivity index (χ0v) is 12.2. The number of hydrogen-bond acceptors (Lipinski definition) is 3. The van der Waals surface area contributed by atoms with E-state index in [1.165, 1.54) is 5.56 Å². The Morgan fingerprint density at radius 1 is 1.25 bits per heavy atom. The fraction of sp³-hybridized carbons (Fsp3) is 0.438. The maximum atomic E-state index is 4.46. The molecule has 0 unspecified atom stereocenters. The number of rotatable bonds is 3. The molecular formula is C16H22N4. The zero-order chi connectivity index (χ0) is 14.0. The molecule has 0 saturated carbocycles. The molecule has 0 radical (unpaired) electrons. The van der Waals surface area contributed by atoms with E-state index >= 15 is 0 Å². The van der Waals surface area contributed by atoms with E-state index in [0.29, 0.717) is 0 Å². The van der Waals surface area contributed by atoms with Crippen LogP contribution in [0.2, 0.25) is 0 Å². The van der Waals surface area contributed by atoms with Gasteiger partial charge in [0.15, 0.2) is 0 Å². The van der Waals surface area contributed by atoms with Crippen LogP contribution in [0.25, 0.3) is 5.69 Å². The minimum atomic E-state index is 0.202. The standard InChI is InChI=1S/C16H22N4/c1-16(2)13-19(9-8-17-16)11-14-10-18-20(12-14)15-6-4-3-5-7-15/h3-7,10,12,17H,8-9,11,13H2,1-2H3. The molecule has 1 aliphatic rings. The predicted molar refractivity (Wildman–Crippen MR) is 80.9 cm³/mol. The van der Waals surface area contributed by atoms with E-state index in [4.69, 9.17) is 0 Å². The second-order valence-electron chi connectivity index (χ2n) is 6.15. The molecule has 4 heteroatoms. The second-order valence-corrected chi connectivity index (χ2v) is 6.15. The molecule has 0 bridgehead atoms. The zero-order valence-electron chi connectivity index (χ0n) is 12.2. The number of hydrogen-bond donors (Lipinski definition) is 1. The normalized spacial score (nSPS) is 19.1. The third kappa shape index (κ3) is 3.08. The van der Waals surface area contributed by atoms with Gasteiger partial charge < -0.3 is 5.32 Å². The molecule has 0 amide bonds. The first-order valence-corrected chi connectivity index (χ1v) is 7.19. The van der Waals surface area contributed by atoms with E-state index in [2.05, 4.69) is 47.5 Å². The molecule has 1 fully saturated rings. The van der Waals surface area contributed by atoms with E-state index in [1.807, 2.05) is 29.1 Å². The first kappa shape index (κ1) is 13.3. The Balaban J connectivity index is 1.69. The van der Waals surface area contributed by atoms with Crippen LogP contribution in [0, 0.1) is 0 Å². The second kappa shape index (κ2) is 5.38. The summed E-state index contributed by atoms with van der Waals surface area (Å²) in [6.07, 6.45) is 4.10. The van der Waals surface area contributed by atoms with Crippen molar-refractivity contribution in [3.05, 3.63) is 48.3 Å². The van der Waals surface area contributed by atoms with Crippen LogP contribution in [0.1, 0.15) is 19.4 Å². The van der Waals surface area contributed by atoms with Gasteiger partial charge in [0.1, 0.15) is 0 Å². The molecular weight excluding hydrogens is 248 g/mol. The lowest BCUT2D eigenvalue weighted by molar-refractivity contribution is 0.148. The molecule has 106 valence electrons. The smallest absolute Gasteiger partial charge is 0.0645 e. The molecule has 1 aliphatic heterocycles. The molecule has 0 atom stereocenters. The van der Waals surface area contributed by atoms with E-state index in [1.54, 1.807) is 0 Å². The molecule has 20 heavy (non-hydrogen) atoms. The topological polar surface area (TPSA) is 33.1 Å². The molecule has 1 N–H and O–H groups in total. The van der Waals surface area contributed by atoms with Crippen LogP contribution in [0.5, 0.6) is 0 Å². The Morgan fingerprint density at radius 3 is 2.80 bits per heavy atom. The summed E-state index contributed by atoms with van der Waals surface area (Å²) < 4.78 is 1.95. The summed E-state index contributed by atoms with van der Waals surface area (Å²) in [6.45, 7) is 8.71. The van der Waals surface area contributed by atoms with Gasteiger partial charge in [0.2, 0.25) is 0 Å². The number of benzene rings is 1. The first-order valence-electron chi connectivity index (χ1n) is 7.19. The highest BCUT2D eigenvalue weighted by molar-refractivity contribution is 5.30. The summed E-state index contributed by atoms with van der Waals surface area (Å²) >= 11 is 0. The molecule has 2 heterocycles. The van der Waals surface area contributed by atoms with Crippen molar-refractivity contribution < 1.29 is 0 Å². The Morgan fingerprint density at radius 2 is 2.05 bits per heavy atom. The van der Waals surface area contributed by atoms with Crippen molar-refractivity contribution in [2.45, 2.75) is 25.9 Å². The number of aromatic nitrogens is 2. The highest BCUT2D eigenvalue weighted by Gasteiger charge is 2.25. The molecule has 4 nitrogen and oxygen atoms in total.